The summed E-state index contributed by atoms with van der Waals surface area (Å²) in [5.74, 6) is -0.281. The molecule has 0 aliphatic heterocycles. The zero-order valence-corrected chi connectivity index (χ0v) is 14.3. The molecule has 0 saturated heterocycles. The van der Waals surface area contributed by atoms with Crippen molar-refractivity contribution in [2.75, 3.05) is 0 Å². The third kappa shape index (κ3) is 2.71. The maximum Gasteiger partial charge on any atom is 0.158 e. The molecule has 0 aliphatic carbocycles. The lowest BCUT2D eigenvalue weighted by Crippen LogP contribution is -1.99. The molecule has 0 unspecified atom stereocenters. The molecule has 0 spiro atoms. The molecule has 0 atom stereocenters. The van der Waals surface area contributed by atoms with E-state index >= 15 is 0 Å². The van der Waals surface area contributed by atoms with Crippen LogP contribution in [0, 0.1) is 6.92 Å². The lowest BCUT2D eigenvalue weighted by atomic mass is 9.98. The first kappa shape index (κ1) is 16.0. The number of aryl methyl sites for hydroxylation is 1. The summed E-state index contributed by atoms with van der Waals surface area (Å²) >= 11 is 0. The predicted molar refractivity (Wildman–Crippen MR) is 103 cm³/mol. The third-order valence-corrected chi connectivity index (χ3v) is 4.37. The molecule has 0 amide bonds. The summed E-state index contributed by atoms with van der Waals surface area (Å²) in [6.07, 6.45) is 0. The lowest BCUT2D eigenvalue weighted by Gasteiger charge is -2.11. The number of benzene rings is 3. The summed E-state index contributed by atoms with van der Waals surface area (Å²) in [5.41, 5.74) is 5.51. The first-order chi connectivity index (χ1) is 12.6. The van der Waals surface area contributed by atoms with Gasteiger partial charge >= 0.3 is 0 Å². The Bertz CT molecular complexity index is 1050. The van der Waals surface area contributed by atoms with Crippen molar-refractivity contribution in [1.82, 2.24) is 9.78 Å². The molecule has 0 bridgehead atoms. The number of nitrogens with zero attached hydrogens (tertiary/aromatic N) is 2. The van der Waals surface area contributed by atoms with Crippen LogP contribution in [0.4, 0.5) is 0 Å². The van der Waals surface area contributed by atoms with E-state index in [1.54, 1.807) is 12.1 Å². The second-order valence-electron chi connectivity index (χ2n) is 6.13. The van der Waals surface area contributed by atoms with Gasteiger partial charge in [0, 0.05) is 11.1 Å². The van der Waals surface area contributed by atoms with Gasteiger partial charge in [0.25, 0.3) is 0 Å². The van der Waals surface area contributed by atoms with E-state index < -0.39 is 0 Å². The maximum absolute atomic E-state index is 9.96. The van der Waals surface area contributed by atoms with Crippen molar-refractivity contribution < 1.29 is 10.2 Å². The fourth-order valence-corrected chi connectivity index (χ4v) is 3.17. The summed E-state index contributed by atoms with van der Waals surface area (Å²) in [7, 11) is 0. The standard InChI is InChI=1S/C22H18N2O2/c1-15-21(17-12-13-19(25)20(26)14-17)22(16-8-4-2-5-9-16)24(23-15)18-10-6-3-7-11-18/h2-14,25-26H,1H3. The Morgan fingerprint density at radius 1 is 0.731 bits per heavy atom. The van der Waals surface area contributed by atoms with Crippen LogP contribution < -0.4 is 0 Å². The van der Waals surface area contributed by atoms with E-state index in [-0.39, 0.29) is 11.5 Å². The highest BCUT2D eigenvalue weighted by Crippen LogP contribution is 2.39. The molecule has 1 aromatic heterocycles. The Labute approximate surface area is 151 Å². The molecule has 4 rings (SSSR count). The average molecular weight is 342 g/mol. The SMILES string of the molecule is Cc1nn(-c2ccccc2)c(-c2ccccc2)c1-c1ccc(O)c(O)c1. The van der Waals surface area contributed by atoms with E-state index in [1.807, 2.05) is 72.3 Å². The summed E-state index contributed by atoms with van der Waals surface area (Å²) in [5, 5.41) is 24.4. The Kier molecular flexibility index (Phi) is 3.93. The molecule has 3 aromatic carbocycles. The van der Waals surface area contributed by atoms with Crippen molar-refractivity contribution >= 4 is 0 Å². The molecular formula is C22H18N2O2. The first-order valence-electron chi connectivity index (χ1n) is 8.38. The fraction of sp³-hybridized carbons (Fsp3) is 0.0455. The Morgan fingerprint density at radius 2 is 1.38 bits per heavy atom. The summed E-state index contributed by atoms with van der Waals surface area (Å²) in [6.45, 7) is 1.95. The summed E-state index contributed by atoms with van der Waals surface area (Å²) < 4.78 is 1.92. The molecule has 2 N–H and O–H groups in total. The van der Waals surface area contributed by atoms with Crippen LogP contribution in [0.15, 0.2) is 78.9 Å². The van der Waals surface area contributed by atoms with Crippen LogP contribution >= 0.6 is 0 Å². The van der Waals surface area contributed by atoms with Crippen molar-refractivity contribution in [3.8, 4) is 39.6 Å². The number of rotatable bonds is 3. The molecule has 26 heavy (non-hydrogen) atoms. The number of para-hydroxylation sites is 1. The highest BCUT2D eigenvalue weighted by molar-refractivity contribution is 5.84. The normalized spacial score (nSPS) is 10.8. The van der Waals surface area contributed by atoms with Crippen LogP contribution in [0.2, 0.25) is 0 Å². The monoisotopic (exact) mass is 342 g/mol. The number of hydrogen-bond acceptors (Lipinski definition) is 3. The van der Waals surface area contributed by atoms with Crippen LogP contribution in [0.25, 0.3) is 28.1 Å². The Morgan fingerprint density at radius 3 is 2.04 bits per heavy atom. The number of phenols is 2. The number of hydrogen-bond donors (Lipinski definition) is 2. The summed E-state index contributed by atoms with van der Waals surface area (Å²) in [6, 6.07) is 24.9. The van der Waals surface area contributed by atoms with E-state index in [4.69, 9.17) is 5.10 Å². The van der Waals surface area contributed by atoms with Gasteiger partial charge in [-0.1, -0.05) is 54.6 Å². The lowest BCUT2D eigenvalue weighted by molar-refractivity contribution is 0.404. The van der Waals surface area contributed by atoms with Crippen molar-refractivity contribution in [2.24, 2.45) is 0 Å². The van der Waals surface area contributed by atoms with E-state index in [2.05, 4.69) is 0 Å². The molecule has 0 fully saturated rings. The van der Waals surface area contributed by atoms with Gasteiger partial charge in [-0.25, -0.2) is 4.68 Å². The second-order valence-corrected chi connectivity index (χ2v) is 6.13. The van der Waals surface area contributed by atoms with E-state index in [1.165, 1.54) is 6.07 Å². The molecule has 1 heterocycles. The third-order valence-electron chi connectivity index (χ3n) is 4.37. The van der Waals surface area contributed by atoms with Gasteiger partial charge in [0.05, 0.1) is 17.1 Å². The van der Waals surface area contributed by atoms with E-state index in [0.717, 1.165) is 33.8 Å². The van der Waals surface area contributed by atoms with Crippen molar-refractivity contribution in [1.29, 1.82) is 0 Å². The number of phenolic OH excluding ortho intramolecular Hbond substituents is 2. The topological polar surface area (TPSA) is 58.3 Å². The maximum atomic E-state index is 9.96. The van der Waals surface area contributed by atoms with Gasteiger partial charge in [0.15, 0.2) is 11.5 Å². The van der Waals surface area contributed by atoms with E-state index in [9.17, 15) is 10.2 Å². The van der Waals surface area contributed by atoms with Crippen molar-refractivity contribution in [2.45, 2.75) is 6.92 Å². The molecular weight excluding hydrogens is 324 g/mol. The molecule has 0 radical (unpaired) electrons. The van der Waals surface area contributed by atoms with Crippen molar-refractivity contribution in [3.63, 3.8) is 0 Å². The molecule has 0 aliphatic rings. The van der Waals surface area contributed by atoms with Gasteiger partial charge in [0.2, 0.25) is 0 Å². The quantitative estimate of drug-likeness (QED) is 0.519. The molecule has 4 aromatic rings. The molecule has 4 nitrogen and oxygen atoms in total. The van der Waals surface area contributed by atoms with Gasteiger partial charge in [0.1, 0.15) is 0 Å². The minimum absolute atomic E-state index is 0.136. The van der Waals surface area contributed by atoms with Gasteiger partial charge in [-0.3, -0.25) is 0 Å². The zero-order valence-electron chi connectivity index (χ0n) is 14.3. The van der Waals surface area contributed by atoms with Gasteiger partial charge < -0.3 is 10.2 Å². The fourth-order valence-electron chi connectivity index (χ4n) is 3.17. The predicted octanol–water partition coefficient (Wildman–Crippen LogP) is 4.93. The molecule has 0 saturated carbocycles. The van der Waals surface area contributed by atoms with Gasteiger partial charge in [-0.15, -0.1) is 0 Å². The second kappa shape index (κ2) is 6.41. The zero-order chi connectivity index (χ0) is 18.1. The molecule has 4 heteroatoms. The van der Waals surface area contributed by atoms with Crippen molar-refractivity contribution in [3.05, 3.63) is 84.6 Å². The van der Waals surface area contributed by atoms with Crippen LogP contribution in [-0.4, -0.2) is 20.0 Å². The van der Waals surface area contributed by atoms with Gasteiger partial charge in [-0.2, -0.15) is 5.10 Å². The number of aromatic nitrogens is 2. The first-order valence-corrected chi connectivity index (χ1v) is 8.38. The smallest absolute Gasteiger partial charge is 0.158 e. The highest BCUT2D eigenvalue weighted by atomic mass is 16.3. The Balaban J connectivity index is 2.03. The number of aromatic hydroxyl groups is 2. The minimum atomic E-state index is -0.145. The van der Waals surface area contributed by atoms with Crippen LogP contribution in [0.1, 0.15) is 5.69 Å². The van der Waals surface area contributed by atoms with E-state index in [0.29, 0.717) is 0 Å². The van der Waals surface area contributed by atoms with Crippen LogP contribution in [0.3, 0.4) is 0 Å². The molecule has 128 valence electrons. The highest BCUT2D eigenvalue weighted by Gasteiger charge is 2.20. The average Bonchev–Trinajstić information content (AvgIpc) is 3.03. The Hall–Kier alpha value is -3.53. The summed E-state index contributed by atoms with van der Waals surface area (Å²) in [4.78, 5) is 0. The minimum Gasteiger partial charge on any atom is -0.504 e. The van der Waals surface area contributed by atoms with Gasteiger partial charge in [-0.05, 0) is 36.8 Å². The van der Waals surface area contributed by atoms with Crippen LogP contribution in [0.5, 0.6) is 11.5 Å². The van der Waals surface area contributed by atoms with Crippen LogP contribution in [-0.2, 0) is 0 Å². The largest absolute Gasteiger partial charge is 0.504 e.